The van der Waals surface area contributed by atoms with Gasteiger partial charge in [0.2, 0.25) is 0 Å². The second kappa shape index (κ2) is 6.47. The molecule has 0 saturated heterocycles. The molecule has 0 aliphatic rings. The van der Waals surface area contributed by atoms with Crippen molar-refractivity contribution in [2.45, 2.75) is 6.04 Å². The van der Waals surface area contributed by atoms with Crippen LogP contribution in [0.5, 0.6) is 5.75 Å². The number of nitro groups is 1. The summed E-state index contributed by atoms with van der Waals surface area (Å²) in [5.41, 5.74) is 7.28. The standard InChI is InChI=1S/C16H15N5O3/c1-24-11-6-4-5-10(9-11)14(17)16-18-15(19-20-16)12-7-2-3-8-13(12)21(22)23/h2-9,14H,17H2,1H3,(H,18,19,20)/t14-/m0/s1. The largest absolute Gasteiger partial charge is 0.497 e. The number of para-hydroxylation sites is 1. The predicted octanol–water partition coefficient (Wildman–Crippen LogP) is 2.44. The second-order valence-electron chi connectivity index (χ2n) is 5.07. The molecule has 0 unspecified atom stereocenters. The van der Waals surface area contributed by atoms with Crippen LogP contribution >= 0.6 is 0 Å². The minimum absolute atomic E-state index is 0.0574. The Labute approximate surface area is 137 Å². The van der Waals surface area contributed by atoms with Crippen LogP contribution in [0, 0.1) is 10.1 Å². The molecule has 0 radical (unpaired) electrons. The number of aromatic amines is 1. The maximum absolute atomic E-state index is 11.1. The lowest BCUT2D eigenvalue weighted by molar-refractivity contribution is -0.384. The number of rotatable bonds is 5. The summed E-state index contributed by atoms with van der Waals surface area (Å²) in [5.74, 6) is 1.33. The van der Waals surface area contributed by atoms with Crippen molar-refractivity contribution in [2.75, 3.05) is 7.11 Å². The highest BCUT2D eigenvalue weighted by Gasteiger charge is 2.20. The number of ether oxygens (including phenoxy) is 1. The summed E-state index contributed by atoms with van der Waals surface area (Å²) in [4.78, 5) is 15.0. The van der Waals surface area contributed by atoms with E-state index in [1.54, 1.807) is 31.4 Å². The van der Waals surface area contributed by atoms with Gasteiger partial charge in [-0.05, 0) is 23.8 Å². The van der Waals surface area contributed by atoms with E-state index in [9.17, 15) is 10.1 Å². The zero-order valence-corrected chi connectivity index (χ0v) is 12.8. The molecule has 1 heterocycles. The van der Waals surface area contributed by atoms with E-state index >= 15 is 0 Å². The molecule has 0 saturated carbocycles. The molecule has 0 aliphatic heterocycles. The average Bonchev–Trinajstić information content (AvgIpc) is 3.11. The molecule has 8 nitrogen and oxygen atoms in total. The number of H-pyrrole nitrogens is 1. The molecule has 3 N–H and O–H groups in total. The van der Waals surface area contributed by atoms with Gasteiger partial charge in [-0.25, -0.2) is 4.98 Å². The van der Waals surface area contributed by atoms with Gasteiger partial charge in [-0.2, -0.15) is 5.10 Å². The smallest absolute Gasteiger partial charge is 0.280 e. The van der Waals surface area contributed by atoms with Crippen molar-refractivity contribution < 1.29 is 9.66 Å². The van der Waals surface area contributed by atoms with Crippen molar-refractivity contribution in [1.82, 2.24) is 15.2 Å². The molecule has 0 fully saturated rings. The number of nitrogens with two attached hydrogens (primary N) is 1. The van der Waals surface area contributed by atoms with Crippen molar-refractivity contribution in [2.24, 2.45) is 5.73 Å². The van der Waals surface area contributed by atoms with Gasteiger partial charge in [-0.1, -0.05) is 24.3 Å². The van der Waals surface area contributed by atoms with Gasteiger partial charge in [0.25, 0.3) is 5.69 Å². The Morgan fingerprint density at radius 3 is 2.79 bits per heavy atom. The van der Waals surface area contributed by atoms with Crippen molar-refractivity contribution in [3.8, 4) is 17.1 Å². The van der Waals surface area contributed by atoms with E-state index in [0.29, 0.717) is 17.1 Å². The van der Waals surface area contributed by atoms with Crippen molar-refractivity contribution >= 4 is 5.69 Å². The minimum Gasteiger partial charge on any atom is -0.497 e. The highest BCUT2D eigenvalue weighted by molar-refractivity contribution is 5.67. The lowest BCUT2D eigenvalue weighted by Crippen LogP contribution is -2.13. The van der Waals surface area contributed by atoms with Crippen molar-refractivity contribution in [3.63, 3.8) is 0 Å². The number of nitrogens with one attached hydrogen (secondary N) is 1. The molecule has 0 aliphatic carbocycles. The fourth-order valence-corrected chi connectivity index (χ4v) is 2.35. The van der Waals surface area contributed by atoms with Crippen molar-refractivity contribution in [3.05, 3.63) is 70.0 Å². The van der Waals surface area contributed by atoms with Gasteiger partial charge in [-0.15, -0.1) is 0 Å². The predicted molar refractivity (Wildman–Crippen MR) is 87.5 cm³/mol. The lowest BCUT2D eigenvalue weighted by Gasteiger charge is -2.09. The molecular formula is C16H15N5O3. The second-order valence-corrected chi connectivity index (χ2v) is 5.07. The van der Waals surface area contributed by atoms with Crippen LogP contribution in [0.3, 0.4) is 0 Å². The highest BCUT2D eigenvalue weighted by Crippen LogP contribution is 2.28. The third-order valence-electron chi connectivity index (χ3n) is 3.59. The quantitative estimate of drug-likeness (QED) is 0.549. The van der Waals surface area contributed by atoms with Gasteiger partial charge >= 0.3 is 0 Å². The van der Waals surface area contributed by atoms with E-state index in [1.807, 2.05) is 18.2 Å². The average molecular weight is 325 g/mol. The Kier molecular flexibility index (Phi) is 4.21. The highest BCUT2D eigenvalue weighted by atomic mass is 16.6. The lowest BCUT2D eigenvalue weighted by atomic mass is 10.1. The molecule has 122 valence electrons. The van der Waals surface area contributed by atoms with Crippen LogP contribution in [0.25, 0.3) is 11.4 Å². The number of aromatic nitrogens is 3. The van der Waals surface area contributed by atoms with E-state index in [1.165, 1.54) is 6.07 Å². The monoisotopic (exact) mass is 325 g/mol. The molecule has 0 spiro atoms. The van der Waals surface area contributed by atoms with Crippen LogP contribution in [0.2, 0.25) is 0 Å². The first-order valence-electron chi connectivity index (χ1n) is 7.15. The number of nitro benzene ring substituents is 1. The summed E-state index contributed by atoms with van der Waals surface area (Å²) in [6.45, 7) is 0. The van der Waals surface area contributed by atoms with Crippen molar-refractivity contribution in [1.29, 1.82) is 0 Å². The molecule has 1 aromatic heterocycles. The van der Waals surface area contributed by atoms with Gasteiger partial charge in [0.1, 0.15) is 11.6 Å². The van der Waals surface area contributed by atoms with Crippen LogP contribution < -0.4 is 10.5 Å². The summed E-state index contributed by atoms with van der Waals surface area (Å²) in [5, 5.41) is 18.0. The first-order valence-corrected chi connectivity index (χ1v) is 7.15. The molecular weight excluding hydrogens is 310 g/mol. The van der Waals surface area contributed by atoms with Gasteiger partial charge < -0.3 is 10.5 Å². The molecule has 24 heavy (non-hydrogen) atoms. The van der Waals surface area contributed by atoms with Crippen LogP contribution in [-0.4, -0.2) is 27.2 Å². The molecule has 0 bridgehead atoms. The Balaban J connectivity index is 1.95. The van der Waals surface area contributed by atoms with E-state index in [4.69, 9.17) is 10.5 Å². The zero-order chi connectivity index (χ0) is 17.1. The molecule has 8 heteroatoms. The first kappa shape index (κ1) is 15.6. The fourth-order valence-electron chi connectivity index (χ4n) is 2.35. The van der Waals surface area contributed by atoms with Crippen LogP contribution in [-0.2, 0) is 0 Å². The van der Waals surface area contributed by atoms with Crippen LogP contribution in [0.15, 0.2) is 48.5 Å². The third kappa shape index (κ3) is 2.95. The van der Waals surface area contributed by atoms with Gasteiger partial charge in [-0.3, -0.25) is 15.2 Å². The summed E-state index contributed by atoms with van der Waals surface area (Å²) >= 11 is 0. The topological polar surface area (TPSA) is 120 Å². The number of methoxy groups -OCH3 is 1. The van der Waals surface area contributed by atoms with E-state index in [0.717, 1.165) is 5.56 Å². The maximum Gasteiger partial charge on any atom is 0.280 e. The number of hydrogen-bond acceptors (Lipinski definition) is 6. The van der Waals surface area contributed by atoms with E-state index in [-0.39, 0.29) is 11.5 Å². The Hall–Kier alpha value is -3.26. The summed E-state index contributed by atoms with van der Waals surface area (Å²) in [6.07, 6.45) is 0. The van der Waals surface area contributed by atoms with Gasteiger partial charge in [0, 0.05) is 6.07 Å². The fraction of sp³-hybridized carbons (Fsp3) is 0.125. The summed E-state index contributed by atoms with van der Waals surface area (Å²) < 4.78 is 5.18. The summed E-state index contributed by atoms with van der Waals surface area (Å²) in [7, 11) is 1.58. The van der Waals surface area contributed by atoms with E-state index < -0.39 is 11.0 Å². The molecule has 1 atom stereocenters. The third-order valence-corrected chi connectivity index (χ3v) is 3.59. The summed E-state index contributed by atoms with van der Waals surface area (Å²) in [6, 6.07) is 13.0. The van der Waals surface area contributed by atoms with Crippen LogP contribution in [0.1, 0.15) is 17.4 Å². The molecule has 2 aromatic carbocycles. The molecule has 0 amide bonds. The Bertz CT molecular complexity index is 877. The number of nitrogens with zero attached hydrogens (tertiary/aromatic N) is 3. The maximum atomic E-state index is 11.1. The first-order chi connectivity index (χ1) is 11.6. The number of hydrogen-bond donors (Lipinski definition) is 2. The zero-order valence-electron chi connectivity index (χ0n) is 12.8. The van der Waals surface area contributed by atoms with Crippen LogP contribution in [0.4, 0.5) is 5.69 Å². The van der Waals surface area contributed by atoms with E-state index in [2.05, 4.69) is 15.2 Å². The van der Waals surface area contributed by atoms with Gasteiger partial charge in [0.05, 0.1) is 23.6 Å². The SMILES string of the molecule is COc1cccc([C@H](N)c2nc(-c3ccccc3[N+](=O)[O-])n[nH]2)c1. The van der Waals surface area contributed by atoms with Gasteiger partial charge in [0.15, 0.2) is 5.82 Å². The number of benzene rings is 2. The molecule has 3 aromatic rings. The Morgan fingerprint density at radius 1 is 1.25 bits per heavy atom. The normalized spacial score (nSPS) is 11.9. The molecule has 3 rings (SSSR count). The Morgan fingerprint density at radius 2 is 2.04 bits per heavy atom. The minimum atomic E-state index is -0.552.